The van der Waals surface area contributed by atoms with E-state index in [1.807, 2.05) is 19.0 Å². The minimum atomic E-state index is -0.944. The van der Waals surface area contributed by atoms with Gasteiger partial charge in [0.1, 0.15) is 6.54 Å². The quantitative estimate of drug-likeness (QED) is 0.735. The average Bonchev–Trinajstić information content (AvgIpc) is 2.96. The lowest BCUT2D eigenvalue weighted by atomic mass is 10.0. The highest BCUT2D eigenvalue weighted by molar-refractivity contribution is 5.85. The van der Waals surface area contributed by atoms with Crippen molar-refractivity contribution >= 4 is 11.9 Å². The molecule has 0 radical (unpaired) electrons. The maximum absolute atomic E-state index is 12.3. The van der Waals surface area contributed by atoms with Crippen molar-refractivity contribution in [1.82, 2.24) is 9.80 Å². The number of hydrogen-bond acceptors (Lipinski definition) is 3. The third kappa shape index (κ3) is 3.70. The molecule has 0 aliphatic heterocycles. The molecule has 104 valence electrons. The van der Waals surface area contributed by atoms with Crippen LogP contribution in [0.2, 0.25) is 0 Å². The summed E-state index contributed by atoms with van der Waals surface area (Å²) >= 11 is 0. The van der Waals surface area contributed by atoms with Crippen LogP contribution in [0.3, 0.4) is 0 Å². The smallest absolute Gasteiger partial charge is 0.323 e. The van der Waals surface area contributed by atoms with Crippen LogP contribution in [-0.2, 0) is 9.59 Å². The van der Waals surface area contributed by atoms with Crippen molar-refractivity contribution in [3.8, 4) is 0 Å². The van der Waals surface area contributed by atoms with Gasteiger partial charge in [-0.25, -0.2) is 0 Å². The highest BCUT2D eigenvalue weighted by Crippen LogP contribution is 2.55. The number of carboxylic acids is 1. The molecule has 0 heterocycles. The van der Waals surface area contributed by atoms with E-state index in [-0.39, 0.29) is 23.8 Å². The van der Waals surface area contributed by atoms with Gasteiger partial charge in [0.2, 0.25) is 5.91 Å². The zero-order chi connectivity index (χ0) is 13.9. The molecule has 0 spiro atoms. The topological polar surface area (TPSA) is 60.9 Å². The van der Waals surface area contributed by atoms with Crippen LogP contribution in [0.4, 0.5) is 0 Å². The fraction of sp³-hybridized carbons (Fsp3) is 0.846. The van der Waals surface area contributed by atoms with E-state index >= 15 is 0 Å². The number of likely N-dealkylation sites (N-methyl/N-ethyl adjacent to an activating group) is 1. The fourth-order valence-electron chi connectivity index (χ4n) is 2.16. The van der Waals surface area contributed by atoms with Gasteiger partial charge in [0.15, 0.2) is 0 Å². The highest BCUT2D eigenvalue weighted by Gasteiger charge is 2.54. The van der Waals surface area contributed by atoms with Gasteiger partial charge in [0.05, 0.1) is 0 Å². The Kier molecular flexibility index (Phi) is 4.73. The standard InChI is InChI=1S/C13H24N2O3/c1-5-13(2)8-10(13)12(18)15(9-11(16)17)7-6-14(3)4/h10H,5-9H2,1-4H3,(H,16,17)/t10-,13-/m0/s1. The number of carbonyl (C=O) groups excluding carboxylic acids is 1. The van der Waals surface area contributed by atoms with E-state index in [1.54, 1.807) is 0 Å². The molecule has 18 heavy (non-hydrogen) atoms. The maximum atomic E-state index is 12.3. The number of amides is 1. The van der Waals surface area contributed by atoms with Crippen molar-refractivity contribution in [2.75, 3.05) is 33.7 Å². The van der Waals surface area contributed by atoms with Crippen LogP contribution in [0, 0.1) is 11.3 Å². The Balaban J connectivity index is 2.60. The third-order valence-electron chi connectivity index (χ3n) is 3.91. The third-order valence-corrected chi connectivity index (χ3v) is 3.91. The van der Waals surface area contributed by atoms with Crippen molar-refractivity contribution in [1.29, 1.82) is 0 Å². The van der Waals surface area contributed by atoms with Gasteiger partial charge in [-0.2, -0.15) is 0 Å². The van der Waals surface area contributed by atoms with E-state index < -0.39 is 5.97 Å². The molecule has 1 aliphatic carbocycles. The lowest BCUT2D eigenvalue weighted by Crippen LogP contribution is -2.41. The first-order valence-corrected chi connectivity index (χ1v) is 6.45. The molecular weight excluding hydrogens is 232 g/mol. The Hall–Kier alpha value is -1.10. The van der Waals surface area contributed by atoms with E-state index in [2.05, 4.69) is 13.8 Å². The van der Waals surface area contributed by atoms with Crippen molar-refractivity contribution in [2.24, 2.45) is 11.3 Å². The number of nitrogens with zero attached hydrogens (tertiary/aromatic N) is 2. The predicted octanol–water partition coefficient (Wildman–Crippen LogP) is 0.897. The van der Waals surface area contributed by atoms with Crippen LogP contribution in [0.25, 0.3) is 0 Å². The molecule has 5 heteroatoms. The fourth-order valence-corrected chi connectivity index (χ4v) is 2.16. The minimum Gasteiger partial charge on any atom is -0.480 e. The van der Waals surface area contributed by atoms with Crippen LogP contribution in [-0.4, -0.2) is 60.5 Å². The van der Waals surface area contributed by atoms with E-state index in [0.29, 0.717) is 13.1 Å². The van der Waals surface area contributed by atoms with Crippen LogP contribution in [0.15, 0.2) is 0 Å². The van der Waals surface area contributed by atoms with E-state index in [4.69, 9.17) is 5.11 Å². The van der Waals surface area contributed by atoms with Crippen LogP contribution in [0.5, 0.6) is 0 Å². The average molecular weight is 256 g/mol. The van der Waals surface area contributed by atoms with Gasteiger partial charge in [0, 0.05) is 19.0 Å². The van der Waals surface area contributed by atoms with Gasteiger partial charge in [-0.05, 0) is 32.4 Å². The van der Waals surface area contributed by atoms with Gasteiger partial charge >= 0.3 is 5.97 Å². The summed E-state index contributed by atoms with van der Waals surface area (Å²) in [5.41, 5.74) is 0.0892. The summed E-state index contributed by atoms with van der Waals surface area (Å²) in [6, 6.07) is 0. The SMILES string of the molecule is CC[C@@]1(C)C[C@H]1C(=O)N(CCN(C)C)CC(=O)O. The van der Waals surface area contributed by atoms with Crippen LogP contribution in [0.1, 0.15) is 26.7 Å². The van der Waals surface area contributed by atoms with Crippen molar-refractivity contribution < 1.29 is 14.7 Å². The molecule has 0 aromatic carbocycles. The van der Waals surface area contributed by atoms with Gasteiger partial charge in [-0.15, -0.1) is 0 Å². The molecule has 0 unspecified atom stereocenters. The van der Waals surface area contributed by atoms with E-state index in [9.17, 15) is 9.59 Å². The molecule has 1 amide bonds. The Labute approximate surface area is 109 Å². The molecule has 1 aliphatic rings. The molecule has 1 saturated carbocycles. The summed E-state index contributed by atoms with van der Waals surface area (Å²) < 4.78 is 0. The van der Waals surface area contributed by atoms with Gasteiger partial charge < -0.3 is 14.9 Å². The first-order chi connectivity index (χ1) is 8.30. The summed E-state index contributed by atoms with van der Waals surface area (Å²) in [6.45, 7) is 5.15. The van der Waals surface area contributed by atoms with E-state index in [0.717, 1.165) is 12.8 Å². The van der Waals surface area contributed by atoms with Crippen molar-refractivity contribution in [3.05, 3.63) is 0 Å². The summed E-state index contributed by atoms with van der Waals surface area (Å²) in [5.74, 6) is -0.923. The molecule has 0 aromatic rings. The van der Waals surface area contributed by atoms with Gasteiger partial charge in [-0.3, -0.25) is 9.59 Å². The van der Waals surface area contributed by atoms with Crippen LogP contribution < -0.4 is 0 Å². The van der Waals surface area contributed by atoms with Crippen molar-refractivity contribution in [3.63, 3.8) is 0 Å². The largest absolute Gasteiger partial charge is 0.480 e. The molecule has 0 saturated heterocycles. The predicted molar refractivity (Wildman–Crippen MR) is 69.3 cm³/mol. The van der Waals surface area contributed by atoms with Gasteiger partial charge in [-0.1, -0.05) is 13.8 Å². The molecule has 1 N–H and O–H groups in total. The molecule has 1 rings (SSSR count). The van der Waals surface area contributed by atoms with Gasteiger partial charge in [0.25, 0.3) is 0 Å². The normalized spacial score (nSPS) is 26.2. The first kappa shape index (κ1) is 15.0. The molecule has 0 bridgehead atoms. The Morgan fingerprint density at radius 1 is 1.33 bits per heavy atom. The zero-order valence-electron chi connectivity index (χ0n) is 11.8. The zero-order valence-corrected chi connectivity index (χ0v) is 11.8. The molecular formula is C13H24N2O3. The minimum absolute atomic E-state index is 0.00333. The second kappa shape index (κ2) is 5.69. The Morgan fingerprint density at radius 3 is 2.33 bits per heavy atom. The molecule has 0 aromatic heterocycles. The summed E-state index contributed by atoms with van der Waals surface area (Å²) in [4.78, 5) is 26.5. The number of rotatable bonds is 7. The summed E-state index contributed by atoms with van der Waals surface area (Å²) in [7, 11) is 3.83. The first-order valence-electron chi connectivity index (χ1n) is 6.45. The second-order valence-electron chi connectivity index (χ2n) is 5.72. The lowest BCUT2D eigenvalue weighted by Gasteiger charge is -2.23. The monoisotopic (exact) mass is 256 g/mol. The number of carboxylic acid groups (broad SMARTS) is 1. The Bertz CT molecular complexity index is 330. The Morgan fingerprint density at radius 2 is 1.94 bits per heavy atom. The number of aliphatic carboxylic acids is 1. The number of hydrogen-bond donors (Lipinski definition) is 1. The van der Waals surface area contributed by atoms with Crippen LogP contribution >= 0.6 is 0 Å². The number of carbonyl (C=O) groups is 2. The summed E-state index contributed by atoms with van der Waals surface area (Å²) in [6.07, 6.45) is 1.86. The lowest BCUT2D eigenvalue weighted by molar-refractivity contribution is -0.145. The second-order valence-corrected chi connectivity index (χ2v) is 5.72. The molecule has 2 atom stereocenters. The summed E-state index contributed by atoms with van der Waals surface area (Å²) in [5, 5.41) is 8.88. The maximum Gasteiger partial charge on any atom is 0.323 e. The van der Waals surface area contributed by atoms with Crippen molar-refractivity contribution in [2.45, 2.75) is 26.7 Å². The highest BCUT2D eigenvalue weighted by atomic mass is 16.4. The molecule has 1 fully saturated rings. The van der Waals surface area contributed by atoms with E-state index in [1.165, 1.54) is 4.90 Å². The molecule has 5 nitrogen and oxygen atoms in total.